The van der Waals surface area contributed by atoms with Crippen LogP contribution in [-0.4, -0.2) is 40.6 Å². The van der Waals surface area contributed by atoms with Gasteiger partial charge in [0.15, 0.2) is 0 Å². The minimum atomic E-state index is -0.772. The number of hydrogen-bond donors (Lipinski definition) is 0. The van der Waals surface area contributed by atoms with Crippen LogP contribution in [0.2, 0.25) is 5.02 Å². The van der Waals surface area contributed by atoms with Crippen molar-refractivity contribution in [3.05, 3.63) is 39.7 Å². The summed E-state index contributed by atoms with van der Waals surface area (Å²) in [6.45, 7) is 3.10. The lowest BCUT2D eigenvalue weighted by atomic mass is 9.93. The quantitative estimate of drug-likeness (QED) is 0.393. The topological polar surface area (TPSA) is 57.7 Å². The van der Waals surface area contributed by atoms with Gasteiger partial charge in [0.05, 0.1) is 16.6 Å². The molecule has 4 rings (SSSR count). The van der Waals surface area contributed by atoms with Crippen LogP contribution in [0.3, 0.4) is 0 Å². The highest BCUT2D eigenvalue weighted by molar-refractivity contribution is 7.81. The van der Waals surface area contributed by atoms with Crippen molar-refractivity contribution in [2.75, 3.05) is 18.0 Å². The van der Waals surface area contributed by atoms with Crippen LogP contribution in [0.5, 0.6) is 0 Å². The molecule has 5 nitrogen and oxygen atoms in total. The lowest BCUT2D eigenvalue weighted by Gasteiger charge is -2.23. The van der Waals surface area contributed by atoms with Gasteiger partial charge in [-0.25, -0.2) is 9.29 Å². The number of amides is 3. The number of anilines is 1. The second-order valence-corrected chi connectivity index (χ2v) is 8.86. The molecule has 1 aromatic rings. The van der Waals surface area contributed by atoms with Crippen LogP contribution in [0.15, 0.2) is 23.3 Å². The number of thiocarbonyl (C=S) groups is 1. The summed E-state index contributed by atoms with van der Waals surface area (Å²) in [6.07, 6.45) is 4.64. The second-order valence-electron chi connectivity index (χ2n) is 8.01. The van der Waals surface area contributed by atoms with E-state index in [9.17, 15) is 18.8 Å². The smallest absolute Gasteiger partial charge is 0.261 e. The van der Waals surface area contributed by atoms with E-state index in [1.807, 2.05) is 0 Å². The number of imide groups is 1. The first-order chi connectivity index (χ1) is 14.3. The van der Waals surface area contributed by atoms with Crippen molar-refractivity contribution in [3.63, 3.8) is 0 Å². The van der Waals surface area contributed by atoms with Gasteiger partial charge in [-0.2, -0.15) is 0 Å². The van der Waals surface area contributed by atoms with Gasteiger partial charge in [0.1, 0.15) is 5.82 Å². The van der Waals surface area contributed by atoms with Crippen LogP contribution in [0, 0.1) is 11.7 Å². The van der Waals surface area contributed by atoms with Crippen LogP contribution in [0.1, 0.15) is 51.0 Å². The highest BCUT2D eigenvalue weighted by atomic mass is 35.5. The standard InChI is InChI=1S/C22H22ClFN2O3S/c1-12(20(27)25-8-4-5-9-25)19(30)15-10-18(17(24)11-16(15)23)26-21(28)13-6-2-3-7-14(13)22(26)29/h10-12H,2-9H2,1H3. The first-order valence-electron chi connectivity index (χ1n) is 10.2. The van der Waals surface area contributed by atoms with E-state index >= 15 is 0 Å². The lowest BCUT2D eigenvalue weighted by molar-refractivity contribution is -0.131. The highest BCUT2D eigenvalue weighted by Gasteiger charge is 2.41. The molecule has 2 heterocycles. The van der Waals surface area contributed by atoms with Crippen molar-refractivity contribution in [2.45, 2.75) is 45.4 Å². The van der Waals surface area contributed by atoms with E-state index in [-0.39, 0.29) is 21.5 Å². The Balaban J connectivity index is 1.66. The monoisotopic (exact) mass is 448 g/mol. The summed E-state index contributed by atoms with van der Waals surface area (Å²) in [5, 5.41) is 0.0548. The van der Waals surface area contributed by atoms with Crippen molar-refractivity contribution in [2.24, 2.45) is 5.92 Å². The Kier molecular flexibility index (Phi) is 5.77. The third-order valence-electron chi connectivity index (χ3n) is 6.11. The molecule has 0 aromatic heterocycles. The van der Waals surface area contributed by atoms with Crippen molar-refractivity contribution in [1.82, 2.24) is 4.90 Å². The van der Waals surface area contributed by atoms with Crippen molar-refractivity contribution in [3.8, 4) is 0 Å². The fraction of sp³-hybridized carbons (Fsp3) is 0.455. The molecule has 1 aromatic carbocycles. The molecule has 0 N–H and O–H groups in total. The second kappa shape index (κ2) is 8.19. The maximum atomic E-state index is 14.8. The van der Waals surface area contributed by atoms with Crippen molar-refractivity contribution < 1.29 is 18.8 Å². The summed E-state index contributed by atoms with van der Waals surface area (Å²) < 4.78 is 14.8. The average Bonchev–Trinajstić information content (AvgIpc) is 3.35. The highest BCUT2D eigenvalue weighted by Crippen LogP contribution is 2.38. The maximum absolute atomic E-state index is 14.8. The Hall–Kier alpha value is -2.12. The van der Waals surface area contributed by atoms with E-state index < -0.39 is 23.5 Å². The predicted octanol–water partition coefficient (Wildman–Crippen LogP) is 4.20. The molecule has 3 aliphatic rings. The Morgan fingerprint density at radius 3 is 2.20 bits per heavy atom. The number of hydrogen-bond acceptors (Lipinski definition) is 4. The van der Waals surface area contributed by atoms with Gasteiger partial charge in [-0.3, -0.25) is 14.4 Å². The summed E-state index contributed by atoms with van der Waals surface area (Å²) in [5.41, 5.74) is 1.08. The fourth-order valence-corrected chi connectivity index (χ4v) is 4.99. The van der Waals surface area contributed by atoms with Gasteiger partial charge < -0.3 is 4.90 Å². The predicted molar refractivity (Wildman–Crippen MR) is 116 cm³/mol. The zero-order valence-corrected chi connectivity index (χ0v) is 18.2. The Labute approximate surface area is 184 Å². The number of carbonyl (C=O) groups is 3. The lowest BCUT2D eigenvalue weighted by Crippen LogP contribution is -2.36. The molecule has 1 aliphatic carbocycles. The third-order valence-corrected chi connectivity index (χ3v) is 7.00. The van der Waals surface area contributed by atoms with E-state index in [1.165, 1.54) is 6.07 Å². The number of nitrogens with zero attached hydrogens (tertiary/aromatic N) is 2. The Morgan fingerprint density at radius 2 is 1.63 bits per heavy atom. The summed E-state index contributed by atoms with van der Waals surface area (Å²) >= 11 is 11.8. The Bertz CT molecular complexity index is 972. The molecule has 30 heavy (non-hydrogen) atoms. The maximum Gasteiger partial charge on any atom is 0.261 e. The first kappa shape index (κ1) is 21.1. The minimum absolute atomic E-state index is 0.0548. The molecule has 0 spiro atoms. The van der Waals surface area contributed by atoms with Crippen LogP contribution >= 0.6 is 23.8 Å². The minimum Gasteiger partial charge on any atom is -0.342 e. The van der Waals surface area contributed by atoms with E-state index in [0.717, 1.165) is 36.6 Å². The molecular formula is C22H22ClFN2O3S. The normalized spacial score (nSPS) is 20.1. The fourth-order valence-electron chi connectivity index (χ4n) is 4.41. The largest absolute Gasteiger partial charge is 0.342 e. The number of halogens is 2. The summed E-state index contributed by atoms with van der Waals surface area (Å²) in [4.78, 5) is 41.4. The molecule has 1 fully saturated rings. The van der Waals surface area contributed by atoms with E-state index in [1.54, 1.807) is 11.8 Å². The third kappa shape index (κ3) is 3.48. The Morgan fingerprint density at radius 1 is 1.07 bits per heavy atom. The summed E-state index contributed by atoms with van der Waals surface area (Å²) in [7, 11) is 0. The van der Waals surface area contributed by atoms with Gasteiger partial charge in [0.2, 0.25) is 5.91 Å². The van der Waals surface area contributed by atoms with Crippen LogP contribution in [0.25, 0.3) is 0 Å². The molecule has 8 heteroatoms. The number of benzene rings is 1. The van der Waals surface area contributed by atoms with Crippen molar-refractivity contribution >= 4 is 52.1 Å². The van der Waals surface area contributed by atoms with Gasteiger partial charge in [-0.1, -0.05) is 23.8 Å². The number of carbonyl (C=O) groups excluding carboxylic acids is 3. The molecule has 0 bridgehead atoms. The van der Waals surface area contributed by atoms with Gasteiger partial charge in [0, 0.05) is 34.7 Å². The zero-order valence-electron chi connectivity index (χ0n) is 16.7. The summed E-state index contributed by atoms with van der Waals surface area (Å²) in [5.74, 6) is -2.44. The number of rotatable bonds is 4. The molecule has 0 radical (unpaired) electrons. The number of likely N-dealkylation sites (tertiary alicyclic amines) is 1. The van der Waals surface area contributed by atoms with Gasteiger partial charge in [0.25, 0.3) is 11.8 Å². The average molecular weight is 449 g/mol. The van der Waals surface area contributed by atoms with E-state index in [4.69, 9.17) is 23.8 Å². The van der Waals surface area contributed by atoms with Crippen LogP contribution in [-0.2, 0) is 14.4 Å². The van der Waals surface area contributed by atoms with Crippen LogP contribution in [0.4, 0.5) is 10.1 Å². The SMILES string of the molecule is CC(C(=O)N1CCCC1)C(=S)c1cc(N2C(=O)C3=C(CCCC3)C2=O)c(F)cc1Cl. The van der Waals surface area contributed by atoms with Crippen molar-refractivity contribution in [1.29, 1.82) is 0 Å². The van der Waals surface area contributed by atoms with E-state index in [2.05, 4.69) is 0 Å². The van der Waals surface area contributed by atoms with Crippen LogP contribution < -0.4 is 4.90 Å². The molecule has 0 saturated carbocycles. The molecule has 1 unspecified atom stereocenters. The molecule has 1 saturated heterocycles. The van der Waals surface area contributed by atoms with Gasteiger partial charge in [-0.15, -0.1) is 0 Å². The first-order valence-corrected chi connectivity index (χ1v) is 11.0. The van der Waals surface area contributed by atoms with Gasteiger partial charge in [-0.05, 0) is 57.6 Å². The zero-order chi connectivity index (χ0) is 21.6. The molecular weight excluding hydrogens is 427 g/mol. The molecule has 2 aliphatic heterocycles. The molecule has 1 atom stereocenters. The van der Waals surface area contributed by atoms with E-state index in [0.29, 0.717) is 42.6 Å². The van der Waals surface area contributed by atoms with Gasteiger partial charge >= 0.3 is 0 Å². The molecule has 158 valence electrons. The molecule has 3 amide bonds. The summed E-state index contributed by atoms with van der Waals surface area (Å²) in [6, 6.07) is 2.39.